The van der Waals surface area contributed by atoms with Crippen molar-refractivity contribution in [2.75, 3.05) is 6.61 Å². The van der Waals surface area contributed by atoms with E-state index in [1.807, 2.05) is 6.92 Å². The van der Waals surface area contributed by atoms with E-state index in [0.717, 1.165) is 24.0 Å². The molecule has 0 saturated carbocycles. The number of ether oxygens (including phenoxy) is 1. The van der Waals surface area contributed by atoms with E-state index in [0.29, 0.717) is 23.5 Å². The fourth-order valence-corrected chi connectivity index (χ4v) is 3.41. The predicted molar refractivity (Wildman–Crippen MR) is 127 cm³/mol. The number of carbonyl (C=O) groups excluding carboxylic acids is 1. The van der Waals surface area contributed by atoms with Gasteiger partial charge in [-0.05, 0) is 73.1 Å². The van der Waals surface area contributed by atoms with Gasteiger partial charge in [0.1, 0.15) is 17.2 Å². The van der Waals surface area contributed by atoms with Crippen molar-refractivity contribution in [3.63, 3.8) is 0 Å². The third-order valence-corrected chi connectivity index (χ3v) is 6.36. The summed E-state index contributed by atoms with van der Waals surface area (Å²) in [6.45, 7) is 15.2. The molecule has 2 N–H and O–H groups in total. The van der Waals surface area contributed by atoms with E-state index in [1.54, 1.807) is 18.2 Å². The van der Waals surface area contributed by atoms with Crippen LogP contribution >= 0.6 is 0 Å². The zero-order chi connectivity index (χ0) is 23.4. The van der Waals surface area contributed by atoms with E-state index in [9.17, 15) is 15.0 Å². The minimum atomic E-state index is -0.239. The van der Waals surface area contributed by atoms with Gasteiger partial charge < -0.3 is 14.9 Å². The van der Waals surface area contributed by atoms with Crippen LogP contribution in [0.25, 0.3) is 6.08 Å². The molecule has 2 aromatic carbocycles. The van der Waals surface area contributed by atoms with Crippen LogP contribution in [0.5, 0.6) is 17.2 Å². The van der Waals surface area contributed by atoms with Crippen molar-refractivity contribution in [3.05, 3.63) is 58.7 Å². The lowest BCUT2D eigenvalue weighted by Crippen LogP contribution is -2.22. The van der Waals surface area contributed by atoms with Crippen molar-refractivity contribution >= 4 is 11.9 Å². The first-order chi connectivity index (χ1) is 14.5. The Morgan fingerprint density at radius 2 is 1.48 bits per heavy atom. The molecule has 2 aromatic rings. The van der Waals surface area contributed by atoms with Crippen LogP contribution in [0.1, 0.15) is 88.4 Å². The van der Waals surface area contributed by atoms with Crippen molar-refractivity contribution in [3.8, 4) is 17.2 Å². The summed E-state index contributed by atoms with van der Waals surface area (Å²) in [7, 11) is 0. The quantitative estimate of drug-likeness (QED) is 0.344. The molecule has 0 fully saturated rings. The van der Waals surface area contributed by atoms with E-state index in [2.05, 4.69) is 47.6 Å². The molecule has 4 heteroatoms. The molecule has 0 amide bonds. The molecule has 0 saturated heterocycles. The van der Waals surface area contributed by atoms with E-state index in [-0.39, 0.29) is 28.1 Å². The maximum atomic E-state index is 12.7. The van der Waals surface area contributed by atoms with E-state index >= 15 is 0 Å². The number of phenolic OH excluding ortho intramolecular Hbond substituents is 2. The maximum Gasteiger partial charge on any atom is 0.185 e. The Hall–Kier alpha value is -2.75. The minimum Gasteiger partial charge on any atom is -0.508 e. The highest BCUT2D eigenvalue weighted by molar-refractivity contribution is 6.07. The van der Waals surface area contributed by atoms with Gasteiger partial charge in [-0.15, -0.1) is 0 Å². The van der Waals surface area contributed by atoms with Gasteiger partial charge in [-0.3, -0.25) is 4.79 Å². The molecular weight excluding hydrogens is 388 g/mol. The lowest BCUT2D eigenvalue weighted by atomic mass is 9.74. The first kappa shape index (κ1) is 24.5. The third kappa shape index (κ3) is 5.30. The molecule has 0 unspecified atom stereocenters. The number of phenols is 2. The van der Waals surface area contributed by atoms with Crippen molar-refractivity contribution in [1.29, 1.82) is 0 Å². The smallest absolute Gasteiger partial charge is 0.185 e. The van der Waals surface area contributed by atoms with Gasteiger partial charge in [-0.2, -0.15) is 0 Å². The summed E-state index contributed by atoms with van der Waals surface area (Å²) in [6, 6.07) is 8.19. The predicted octanol–water partition coefficient (Wildman–Crippen LogP) is 6.77. The van der Waals surface area contributed by atoms with Gasteiger partial charge in [0, 0.05) is 16.7 Å². The van der Waals surface area contributed by atoms with Crippen LogP contribution in [-0.4, -0.2) is 22.6 Å². The highest BCUT2D eigenvalue weighted by Gasteiger charge is 2.32. The van der Waals surface area contributed by atoms with Crippen LogP contribution in [0.3, 0.4) is 0 Å². The fraction of sp³-hybridized carbons (Fsp3) is 0.444. The van der Waals surface area contributed by atoms with Crippen LogP contribution < -0.4 is 4.74 Å². The van der Waals surface area contributed by atoms with Crippen molar-refractivity contribution in [1.82, 2.24) is 0 Å². The number of allylic oxidation sites excluding steroid dienone is 1. The molecule has 0 aliphatic carbocycles. The molecule has 0 bridgehead atoms. The Balaban J connectivity index is 2.72. The number of ketones is 1. The lowest BCUT2D eigenvalue weighted by Gasteiger charge is -2.32. The Labute approximate surface area is 186 Å². The number of benzene rings is 2. The van der Waals surface area contributed by atoms with Crippen molar-refractivity contribution in [2.45, 2.75) is 72.1 Å². The molecule has 0 atom stereocenters. The summed E-state index contributed by atoms with van der Waals surface area (Å²) in [5, 5.41) is 20.7. The Kier molecular flexibility index (Phi) is 7.58. The van der Waals surface area contributed by atoms with Crippen LogP contribution in [0, 0.1) is 0 Å². The van der Waals surface area contributed by atoms with Gasteiger partial charge in [0.15, 0.2) is 5.78 Å². The molecule has 168 valence electrons. The summed E-state index contributed by atoms with van der Waals surface area (Å²) in [6.07, 6.45) is 4.87. The van der Waals surface area contributed by atoms with E-state index < -0.39 is 0 Å². The molecule has 31 heavy (non-hydrogen) atoms. The summed E-state index contributed by atoms with van der Waals surface area (Å²) < 4.78 is 6.04. The van der Waals surface area contributed by atoms with Crippen molar-refractivity contribution < 1.29 is 19.7 Å². The van der Waals surface area contributed by atoms with Crippen LogP contribution in [0.2, 0.25) is 0 Å². The monoisotopic (exact) mass is 424 g/mol. The molecular formula is C27H36O4. The average molecular weight is 425 g/mol. The molecule has 0 aromatic heterocycles. The zero-order valence-corrected chi connectivity index (χ0v) is 19.9. The second kappa shape index (κ2) is 9.59. The van der Waals surface area contributed by atoms with Gasteiger partial charge >= 0.3 is 0 Å². The fourth-order valence-electron chi connectivity index (χ4n) is 3.41. The number of aromatic hydroxyl groups is 2. The summed E-state index contributed by atoms with van der Waals surface area (Å²) in [5.74, 6) is 0.675. The molecule has 2 rings (SSSR count). The number of carbonyl (C=O) groups is 1. The second-order valence-corrected chi connectivity index (χ2v) is 9.22. The van der Waals surface area contributed by atoms with Crippen molar-refractivity contribution in [2.24, 2.45) is 0 Å². The van der Waals surface area contributed by atoms with Gasteiger partial charge in [0.25, 0.3) is 0 Å². The molecule has 0 heterocycles. The molecule has 0 spiro atoms. The topological polar surface area (TPSA) is 66.8 Å². The number of rotatable bonds is 9. The highest BCUT2D eigenvalue weighted by atomic mass is 16.5. The first-order valence-corrected chi connectivity index (χ1v) is 11.0. The van der Waals surface area contributed by atoms with Gasteiger partial charge in [0.05, 0.1) is 12.2 Å². The first-order valence-electron chi connectivity index (χ1n) is 11.0. The number of hydrogen-bond donors (Lipinski definition) is 2. The largest absolute Gasteiger partial charge is 0.508 e. The van der Waals surface area contributed by atoms with Gasteiger partial charge in [-0.25, -0.2) is 0 Å². The standard InChI is InChI=1S/C27H36O4/c1-8-26(4,5)21-17-22(27(6,7)9-2)25(31-10-3)20(24(21)30)15-16-23(29)18-11-13-19(28)14-12-18/h11-17,28,30H,8-10H2,1-7H3/b16-15+. The Bertz CT molecular complexity index is 950. The highest BCUT2D eigenvalue weighted by Crippen LogP contribution is 2.47. The van der Waals surface area contributed by atoms with E-state index in [1.165, 1.54) is 18.2 Å². The lowest BCUT2D eigenvalue weighted by molar-refractivity contribution is 0.104. The summed E-state index contributed by atoms with van der Waals surface area (Å²) >= 11 is 0. The SMILES string of the molecule is CCOc1c(C(C)(C)CC)cc(C(C)(C)CC)c(O)c1/C=C/C(=O)c1ccc(O)cc1. The number of hydrogen-bond acceptors (Lipinski definition) is 4. The third-order valence-electron chi connectivity index (χ3n) is 6.36. The maximum absolute atomic E-state index is 12.7. The Morgan fingerprint density at radius 3 is 2.00 bits per heavy atom. The second-order valence-electron chi connectivity index (χ2n) is 9.22. The van der Waals surface area contributed by atoms with E-state index in [4.69, 9.17) is 4.74 Å². The Morgan fingerprint density at radius 1 is 0.935 bits per heavy atom. The summed E-state index contributed by atoms with van der Waals surface area (Å²) in [5.41, 5.74) is 2.47. The average Bonchev–Trinajstić information content (AvgIpc) is 2.73. The van der Waals surface area contributed by atoms with Crippen LogP contribution in [0.15, 0.2) is 36.4 Å². The zero-order valence-electron chi connectivity index (χ0n) is 19.9. The molecule has 4 nitrogen and oxygen atoms in total. The summed E-state index contributed by atoms with van der Waals surface area (Å²) in [4.78, 5) is 12.7. The van der Waals surface area contributed by atoms with Gasteiger partial charge in [0.2, 0.25) is 0 Å². The molecule has 0 radical (unpaired) electrons. The normalized spacial score (nSPS) is 12.4. The molecule has 0 aliphatic heterocycles. The minimum absolute atomic E-state index is 0.109. The molecule has 0 aliphatic rings. The van der Waals surface area contributed by atoms with Crippen LogP contribution in [-0.2, 0) is 10.8 Å². The van der Waals surface area contributed by atoms with Crippen LogP contribution in [0.4, 0.5) is 0 Å². The van der Waals surface area contributed by atoms with Gasteiger partial charge in [-0.1, -0.05) is 41.5 Å².